The molecule has 0 radical (unpaired) electrons. The van der Waals surface area contributed by atoms with Crippen LogP contribution in [0.15, 0.2) is 0 Å². The van der Waals surface area contributed by atoms with E-state index in [0.717, 1.165) is 6.54 Å². The van der Waals surface area contributed by atoms with E-state index in [1.54, 1.807) is 0 Å². The highest BCUT2D eigenvalue weighted by atomic mass is 15.2. The lowest BCUT2D eigenvalue weighted by atomic mass is 9.89. The summed E-state index contributed by atoms with van der Waals surface area (Å²) in [5.41, 5.74) is 0.525. The molecular weight excluding hydrogens is 174 g/mol. The topological polar surface area (TPSA) is 27.3 Å². The van der Waals surface area contributed by atoms with Crippen molar-refractivity contribution in [3.8, 4) is 0 Å². The quantitative estimate of drug-likeness (QED) is 0.666. The Bertz CT molecular complexity index is 187. The number of rotatable bonds is 2. The van der Waals surface area contributed by atoms with Crippen molar-refractivity contribution in [2.75, 3.05) is 39.3 Å². The molecule has 3 heteroatoms. The molecule has 2 fully saturated rings. The second-order valence-electron chi connectivity index (χ2n) is 5.33. The summed E-state index contributed by atoms with van der Waals surface area (Å²) < 4.78 is 0. The molecule has 2 aliphatic rings. The van der Waals surface area contributed by atoms with E-state index in [0.29, 0.717) is 11.5 Å². The Morgan fingerprint density at radius 3 is 2.93 bits per heavy atom. The lowest BCUT2D eigenvalue weighted by Gasteiger charge is -2.37. The molecule has 0 bridgehead atoms. The Kier molecular flexibility index (Phi) is 3.10. The van der Waals surface area contributed by atoms with Crippen LogP contribution in [0.3, 0.4) is 0 Å². The number of nitrogens with zero attached hydrogens (tertiary/aromatic N) is 1. The van der Waals surface area contributed by atoms with Crippen molar-refractivity contribution in [1.29, 1.82) is 0 Å². The zero-order valence-corrected chi connectivity index (χ0v) is 9.47. The molecule has 2 aliphatic heterocycles. The molecule has 0 aromatic heterocycles. The largest absolute Gasteiger partial charge is 0.316 e. The van der Waals surface area contributed by atoms with Gasteiger partial charge in [0.25, 0.3) is 0 Å². The van der Waals surface area contributed by atoms with E-state index in [2.05, 4.69) is 29.4 Å². The van der Waals surface area contributed by atoms with Gasteiger partial charge in [-0.3, -0.25) is 4.90 Å². The van der Waals surface area contributed by atoms with Gasteiger partial charge in [-0.1, -0.05) is 6.92 Å². The Morgan fingerprint density at radius 2 is 2.29 bits per heavy atom. The number of piperazine rings is 1. The molecule has 2 rings (SSSR count). The summed E-state index contributed by atoms with van der Waals surface area (Å²) in [5.74, 6) is 0. The SMILES string of the molecule is CC1CN(CC2(C)CCNC2)CCN1. The number of hydrogen-bond donors (Lipinski definition) is 2. The predicted molar refractivity (Wildman–Crippen MR) is 59.5 cm³/mol. The first-order chi connectivity index (χ1) is 6.68. The molecule has 2 saturated heterocycles. The molecule has 2 N–H and O–H groups in total. The minimum atomic E-state index is 0.525. The van der Waals surface area contributed by atoms with Crippen LogP contribution in [0.25, 0.3) is 0 Å². The van der Waals surface area contributed by atoms with E-state index < -0.39 is 0 Å². The monoisotopic (exact) mass is 197 g/mol. The van der Waals surface area contributed by atoms with Crippen molar-refractivity contribution in [3.05, 3.63) is 0 Å². The van der Waals surface area contributed by atoms with Gasteiger partial charge in [0.1, 0.15) is 0 Å². The van der Waals surface area contributed by atoms with Crippen LogP contribution in [-0.2, 0) is 0 Å². The first-order valence-electron chi connectivity index (χ1n) is 5.84. The van der Waals surface area contributed by atoms with Crippen LogP contribution in [0.2, 0.25) is 0 Å². The van der Waals surface area contributed by atoms with E-state index in [4.69, 9.17) is 0 Å². The second-order valence-corrected chi connectivity index (χ2v) is 5.33. The van der Waals surface area contributed by atoms with E-state index in [1.165, 1.54) is 39.1 Å². The van der Waals surface area contributed by atoms with Crippen LogP contribution in [0.5, 0.6) is 0 Å². The second kappa shape index (κ2) is 4.17. The Morgan fingerprint density at radius 1 is 1.43 bits per heavy atom. The zero-order chi connectivity index (χ0) is 10.0. The van der Waals surface area contributed by atoms with Crippen LogP contribution in [-0.4, -0.2) is 50.2 Å². The highest BCUT2D eigenvalue weighted by Crippen LogP contribution is 2.25. The molecule has 0 aromatic rings. The molecule has 0 aromatic carbocycles. The molecule has 14 heavy (non-hydrogen) atoms. The third-order valence-electron chi connectivity index (χ3n) is 3.52. The van der Waals surface area contributed by atoms with Crippen molar-refractivity contribution in [2.45, 2.75) is 26.3 Å². The van der Waals surface area contributed by atoms with Crippen LogP contribution < -0.4 is 10.6 Å². The average Bonchev–Trinajstić information content (AvgIpc) is 2.51. The normalized spacial score (nSPS) is 40.3. The van der Waals surface area contributed by atoms with Crippen molar-refractivity contribution in [2.24, 2.45) is 5.41 Å². The Hall–Kier alpha value is -0.120. The van der Waals surface area contributed by atoms with Crippen molar-refractivity contribution >= 4 is 0 Å². The summed E-state index contributed by atoms with van der Waals surface area (Å²) in [6.45, 7) is 12.0. The predicted octanol–water partition coefficient (Wildman–Crippen LogP) is 0.280. The number of hydrogen-bond acceptors (Lipinski definition) is 3. The van der Waals surface area contributed by atoms with Crippen LogP contribution in [0.1, 0.15) is 20.3 Å². The first-order valence-corrected chi connectivity index (χ1v) is 5.84. The van der Waals surface area contributed by atoms with Gasteiger partial charge in [-0.15, -0.1) is 0 Å². The van der Waals surface area contributed by atoms with Crippen molar-refractivity contribution in [3.63, 3.8) is 0 Å². The van der Waals surface area contributed by atoms with Gasteiger partial charge >= 0.3 is 0 Å². The van der Waals surface area contributed by atoms with Gasteiger partial charge in [0.05, 0.1) is 0 Å². The van der Waals surface area contributed by atoms with Gasteiger partial charge in [-0.05, 0) is 25.3 Å². The minimum absolute atomic E-state index is 0.525. The van der Waals surface area contributed by atoms with Gasteiger partial charge in [0, 0.05) is 38.8 Å². The fourth-order valence-electron chi connectivity index (χ4n) is 2.70. The maximum absolute atomic E-state index is 3.49. The summed E-state index contributed by atoms with van der Waals surface area (Å²) in [5, 5.41) is 6.96. The zero-order valence-electron chi connectivity index (χ0n) is 9.47. The molecule has 3 nitrogen and oxygen atoms in total. The molecule has 2 unspecified atom stereocenters. The molecule has 82 valence electrons. The fourth-order valence-corrected chi connectivity index (χ4v) is 2.70. The lowest BCUT2D eigenvalue weighted by Crippen LogP contribution is -2.52. The van der Waals surface area contributed by atoms with E-state index in [-0.39, 0.29) is 0 Å². The van der Waals surface area contributed by atoms with Crippen LogP contribution >= 0.6 is 0 Å². The summed E-state index contributed by atoms with van der Waals surface area (Å²) in [4.78, 5) is 2.62. The fraction of sp³-hybridized carbons (Fsp3) is 1.00. The third-order valence-corrected chi connectivity index (χ3v) is 3.52. The summed E-state index contributed by atoms with van der Waals surface area (Å²) in [6.07, 6.45) is 1.34. The van der Waals surface area contributed by atoms with Crippen LogP contribution in [0.4, 0.5) is 0 Å². The van der Waals surface area contributed by atoms with Gasteiger partial charge in [-0.25, -0.2) is 0 Å². The summed E-state index contributed by atoms with van der Waals surface area (Å²) in [7, 11) is 0. The average molecular weight is 197 g/mol. The Labute approximate surface area is 87.2 Å². The number of nitrogens with one attached hydrogen (secondary N) is 2. The maximum Gasteiger partial charge on any atom is 0.0167 e. The molecule has 2 heterocycles. The molecule has 0 spiro atoms. The molecule has 0 saturated carbocycles. The van der Waals surface area contributed by atoms with Crippen molar-refractivity contribution < 1.29 is 0 Å². The first kappa shape index (κ1) is 10.4. The highest BCUT2D eigenvalue weighted by Gasteiger charge is 2.31. The van der Waals surface area contributed by atoms with E-state index in [1.807, 2.05) is 0 Å². The summed E-state index contributed by atoms with van der Waals surface area (Å²) in [6, 6.07) is 0.668. The lowest BCUT2D eigenvalue weighted by molar-refractivity contribution is 0.141. The van der Waals surface area contributed by atoms with Crippen molar-refractivity contribution in [1.82, 2.24) is 15.5 Å². The van der Waals surface area contributed by atoms with Gasteiger partial charge < -0.3 is 10.6 Å². The minimum Gasteiger partial charge on any atom is -0.316 e. The Balaban J connectivity index is 1.83. The molecular formula is C11H23N3. The van der Waals surface area contributed by atoms with E-state index in [9.17, 15) is 0 Å². The van der Waals surface area contributed by atoms with Gasteiger partial charge in [0.2, 0.25) is 0 Å². The standard InChI is InChI=1S/C11H23N3/c1-10-7-14(6-5-13-10)9-11(2)3-4-12-8-11/h10,12-13H,3-9H2,1-2H3. The molecule has 0 amide bonds. The van der Waals surface area contributed by atoms with E-state index >= 15 is 0 Å². The van der Waals surface area contributed by atoms with Gasteiger partial charge in [-0.2, -0.15) is 0 Å². The summed E-state index contributed by atoms with van der Waals surface area (Å²) >= 11 is 0. The molecule has 0 aliphatic carbocycles. The maximum atomic E-state index is 3.49. The van der Waals surface area contributed by atoms with Gasteiger partial charge in [0.15, 0.2) is 0 Å². The van der Waals surface area contributed by atoms with Crippen LogP contribution in [0, 0.1) is 5.41 Å². The third kappa shape index (κ3) is 2.47. The molecule has 2 atom stereocenters. The highest BCUT2D eigenvalue weighted by molar-refractivity contribution is 4.88. The smallest absolute Gasteiger partial charge is 0.0167 e.